The first-order valence-electron chi connectivity index (χ1n) is 12.0. The molecule has 9 atom stereocenters. The lowest BCUT2D eigenvalue weighted by Crippen LogP contribution is -2.36. The fourth-order valence-electron chi connectivity index (χ4n) is 5.07. The van der Waals surface area contributed by atoms with E-state index < -0.39 is 75.0 Å². The van der Waals surface area contributed by atoms with Gasteiger partial charge >= 0.3 is 7.60 Å². The molecule has 2 saturated heterocycles. The van der Waals surface area contributed by atoms with Crippen LogP contribution in [-0.4, -0.2) is 109 Å². The second-order valence-electron chi connectivity index (χ2n) is 9.41. The molecule has 0 aliphatic carbocycles. The number of nitrogens with one attached hydrogen (secondary N) is 1. The van der Waals surface area contributed by atoms with Crippen molar-refractivity contribution in [1.82, 2.24) is 34.1 Å². The summed E-state index contributed by atoms with van der Waals surface area (Å²) in [4.78, 5) is 41.5. The molecule has 19 heteroatoms. The first-order valence-corrected chi connectivity index (χ1v) is 13.7. The summed E-state index contributed by atoms with van der Waals surface area (Å²) in [5.74, 6) is 0.205. The number of rotatable bonds is 7. The highest BCUT2D eigenvalue weighted by Gasteiger charge is 2.55. The van der Waals surface area contributed by atoms with Crippen molar-refractivity contribution in [1.29, 1.82) is 0 Å². The van der Waals surface area contributed by atoms with Crippen LogP contribution in [0.4, 0.5) is 5.82 Å². The van der Waals surface area contributed by atoms with E-state index >= 15 is 0 Å². The van der Waals surface area contributed by atoms with Crippen LogP contribution in [0.5, 0.6) is 0 Å². The first kappa shape index (κ1) is 26.9. The Bertz CT molecular complexity index is 1660. The van der Waals surface area contributed by atoms with Crippen LogP contribution >= 0.6 is 7.60 Å². The Kier molecular flexibility index (Phi) is 6.68. The topological polar surface area (TPSA) is 266 Å². The quantitative estimate of drug-likeness (QED) is 0.112. The van der Waals surface area contributed by atoms with E-state index in [1.165, 1.54) is 21.7 Å². The highest BCUT2D eigenvalue weighted by molar-refractivity contribution is 7.53. The molecular weight excluding hydrogens is 555 g/mol. The molecule has 2 aliphatic rings. The number of aliphatic hydroxyl groups is 4. The third-order valence-electron chi connectivity index (χ3n) is 7.11. The number of nitrogens with zero attached hydrogens (tertiary/aromatic N) is 6. The molecule has 0 radical (unpaired) electrons. The number of H-pyrrole nitrogens is 1. The Morgan fingerprint density at radius 2 is 1.80 bits per heavy atom. The summed E-state index contributed by atoms with van der Waals surface area (Å²) < 4.78 is 32.9. The van der Waals surface area contributed by atoms with Gasteiger partial charge in [0.15, 0.2) is 23.6 Å². The number of aromatic nitrogens is 7. The summed E-state index contributed by atoms with van der Waals surface area (Å²) in [7, 11) is -4.82. The number of aromatic amines is 1. The Balaban J connectivity index is 1.24. The lowest BCUT2D eigenvalue weighted by Gasteiger charge is -2.27. The average molecular weight is 580 g/mol. The maximum absolute atomic E-state index is 13.5. The molecule has 18 nitrogen and oxygen atoms in total. The van der Waals surface area contributed by atoms with E-state index in [2.05, 4.69) is 24.9 Å². The number of hydrogen-bond donors (Lipinski definition) is 7. The summed E-state index contributed by atoms with van der Waals surface area (Å²) in [6.07, 6.45) is -4.72. The summed E-state index contributed by atoms with van der Waals surface area (Å²) in [6, 6.07) is 1.61. The standard InChI is InChI=1S/C21H25N8O10P/c22-16-8-1-2-28(17(8)24-5-23-16)20-14(33)12(31)10(39-20)4-37-40(35,36)15-13(32)9(3-30)38-21(15)29-7-27-11-18(29)25-6-26-19(11)34/h1-2,5-7,9-10,12-15,20-21,30-33H,3-4H2,(H,35,36)(H2,22,23,24)(H,25,26,34)/t9-,10-,12-,13-,14-,15-,20-,21?/m1/s1. The normalized spacial score (nSPS) is 32.2. The molecule has 0 amide bonds. The van der Waals surface area contributed by atoms with Crippen molar-refractivity contribution < 1.29 is 43.9 Å². The molecule has 0 aromatic carbocycles. The van der Waals surface area contributed by atoms with E-state index in [1.54, 1.807) is 6.07 Å². The zero-order chi connectivity index (χ0) is 28.3. The smallest absolute Gasteiger partial charge is 0.338 e. The predicted octanol–water partition coefficient (Wildman–Crippen LogP) is -2.41. The molecule has 214 valence electrons. The predicted molar refractivity (Wildman–Crippen MR) is 133 cm³/mol. The lowest BCUT2D eigenvalue weighted by atomic mass is 10.1. The van der Waals surface area contributed by atoms with Gasteiger partial charge in [-0.25, -0.2) is 19.9 Å². The Labute approximate surface area is 223 Å². The zero-order valence-electron chi connectivity index (χ0n) is 20.4. The van der Waals surface area contributed by atoms with Crippen LogP contribution in [0.2, 0.25) is 0 Å². The Hall–Kier alpha value is -3.32. The van der Waals surface area contributed by atoms with Crippen molar-refractivity contribution in [2.75, 3.05) is 18.9 Å². The van der Waals surface area contributed by atoms with Gasteiger partial charge in [-0.15, -0.1) is 0 Å². The first-order chi connectivity index (χ1) is 19.1. The van der Waals surface area contributed by atoms with E-state index in [9.17, 15) is 34.7 Å². The van der Waals surface area contributed by atoms with Gasteiger partial charge in [0.25, 0.3) is 5.56 Å². The van der Waals surface area contributed by atoms with Gasteiger partial charge < -0.3 is 54.6 Å². The average Bonchev–Trinajstić information content (AvgIpc) is 3.68. The largest absolute Gasteiger partial charge is 0.394 e. The second-order valence-corrected chi connectivity index (χ2v) is 11.4. The highest BCUT2D eigenvalue weighted by atomic mass is 31.2. The number of anilines is 1. The van der Waals surface area contributed by atoms with Gasteiger partial charge in [-0.2, -0.15) is 0 Å². The van der Waals surface area contributed by atoms with Gasteiger partial charge in [-0.05, 0) is 6.07 Å². The molecule has 6 heterocycles. The summed E-state index contributed by atoms with van der Waals surface area (Å²) in [6.45, 7) is -1.35. The Morgan fingerprint density at radius 3 is 2.58 bits per heavy atom. The number of imidazole rings is 1. The van der Waals surface area contributed by atoms with Gasteiger partial charge in [0, 0.05) is 6.20 Å². The lowest BCUT2D eigenvalue weighted by molar-refractivity contribution is -0.0494. The fraction of sp³-hybridized carbons (Fsp3) is 0.476. The molecule has 2 aliphatic heterocycles. The van der Waals surface area contributed by atoms with Crippen molar-refractivity contribution in [3.8, 4) is 0 Å². The second kappa shape index (κ2) is 9.95. The number of nitrogen functional groups attached to an aromatic ring is 1. The van der Waals surface area contributed by atoms with Crippen molar-refractivity contribution in [2.24, 2.45) is 0 Å². The van der Waals surface area contributed by atoms with E-state index in [0.29, 0.717) is 11.0 Å². The van der Waals surface area contributed by atoms with Crippen LogP contribution in [0.3, 0.4) is 0 Å². The summed E-state index contributed by atoms with van der Waals surface area (Å²) >= 11 is 0. The molecular formula is C21H25N8O10P. The van der Waals surface area contributed by atoms with Crippen molar-refractivity contribution in [2.45, 2.75) is 48.6 Å². The minimum atomic E-state index is -4.82. The third-order valence-corrected chi connectivity index (χ3v) is 8.94. The molecule has 4 aromatic rings. The van der Waals surface area contributed by atoms with Crippen molar-refractivity contribution >= 4 is 35.6 Å². The van der Waals surface area contributed by atoms with Crippen LogP contribution in [-0.2, 0) is 18.6 Å². The number of hydrogen-bond acceptors (Lipinski definition) is 14. The molecule has 6 rings (SSSR count). The number of aliphatic hydroxyl groups excluding tert-OH is 4. The molecule has 0 spiro atoms. The van der Waals surface area contributed by atoms with Crippen LogP contribution in [0.15, 0.2) is 36.0 Å². The summed E-state index contributed by atoms with van der Waals surface area (Å²) in [5.41, 5.74) is 3.91. The molecule has 4 aromatic heterocycles. The van der Waals surface area contributed by atoms with Crippen LogP contribution in [0.25, 0.3) is 22.2 Å². The van der Waals surface area contributed by atoms with Gasteiger partial charge in [0.05, 0.1) is 31.3 Å². The minimum absolute atomic E-state index is 0.00782. The maximum atomic E-state index is 13.5. The molecule has 8 N–H and O–H groups in total. The molecule has 0 saturated carbocycles. The molecule has 0 bridgehead atoms. The van der Waals surface area contributed by atoms with E-state index in [4.69, 9.17) is 19.7 Å². The highest BCUT2D eigenvalue weighted by Crippen LogP contribution is 2.57. The number of nitrogens with two attached hydrogens (primary N) is 1. The van der Waals surface area contributed by atoms with Crippen LogP contribution in [0.1, 0.15) is 12.5 Å². The molecule has 40 heavy (non-hydrogen) atoms. The van der Waals surface area contributed by atoms with Gasteiger partial charge in [0.1, 0.15) is 54.0 Å². The van der Waals surface area contributed by atoms with Crippen molar-refractivity contribution in [3.05, 3.63) is 41.6 Å². The number of fused-ring (bicyclic) bond motifs is 2. The zero-order valence-corrected chi connectivity index (χ0v) is 21.3. The molecule has 2 fully saturated rings. The number of ether oxygens (including phenoxy) is 2. The van der Waals surface area contributed by atoms with Gasteiger partial charge in [-0.1, -0.05) is 0 Å². The fourth-order valence-corrected chi connectivity index (χ4v) is 6.72. The summed E-state index contributed by atoms with van der Waals surface area (Å²) in [5, 5.41) is 42.3. The SMILES string of the molecule is Nc1ncnc2c1ccn2[C@@H]1O[C@H](COP(=O)(O)[C@H]2C(n3cnc4c(=O)[nH]cnc43)O[C@H](CO)[C@H]2O)[C@@H](O)[C@H]1O. The third kappa shape index (κ3) is 4.21. The monoisotopic (exact) mass is 580 g/mol. The maximum Gasteiger partial charge on any atom is 0.338 e. The van der Waals surface area contributed by atoms with Crippen LogP contribution < -0.4 is 11.3 Å². The van der Waals surface area contributed by atoms with Gasteiger partial charge in [-0.3, -0.25) is 13.9 Å². The van der Waals surface area contributed by atoms with E-state index in [1.807, 2.05) is 0 Å². The Morgan fingerprint density at radius 1 is 1.02 bits per heavy atom. The minimum Gasteiger partial charge on any atom is -0.394 e. The van der Waals surface area contributed by atoms with Crippen LogP contribution in [0, 0.1) is 0 Å². The van der Waals surface area contributed by atoms with E-state index in [-0.39, 0.29) is 17.0 Å². The van der Waals surface area contributed by atoms with E-state index in [0.717, 1.165) is 12.7 Å². The molecule has 2 unspecified atom stereocenters. The van der Waals surface area contributed by atoms with Crippen molar-refractivity contribution in [3.63, 3.8) is 0 Å². The van der Waals surface area contributed by atoms with Gasteiger partial charge in [0.2, 0.25) is 0 Å².